The van der Waals surface area contributed by atoms with Gasteiger partial charge in [-0.25, -0.2) is 0 Å². The molecule has 1 heteroatoms. The first kappa shape index (κ1) is 11.9. The summed E-state index contributed by atoms with van der Waals surface area (Å²) >= 11 is 0. The lowest BCUT2D eigenvalue weighted by atomic mass is 9.72. The minimum absolute atomic E-state index is 0.254. The SMILES string of the molecule is C#CCO[C@]1(C#C)CCCC[C@@H]1C(=C)C. The Morgan fingerprint density at radius 3 is 2.80 bits per heavy atom. The quantitative estimate of drug-likeness (QED) is 0.505. The molecule has 1 saturated carbocycles. The van der Waals surface area contributed by atoms with Gasteiger partial charge in [0.05, 0.1) is 0 Å². The van der Waals surface area contributed by atoms with Crippen LogP contribution in [0.5, 0.6) is 0 Å². The van der Waals surface area contributed by atoms with E-state index >= 15 is 0 Å². The summed E-state index contributed by atoms with van der Waals surface area (Å²) in [7, 11) is 0. The third-order valence-electron chi connectivity index (χ3n) is 3.11. The predicted molar refractivity (Wildman–Crippen MR) is 63.1 cm³/mol. The maximum atomic E-state index is 5.71. The second-order valence-electron chi connectivity index (χ2n) is 4.17. The van der Waals surface area contributed by atoms with Gasteiger partial charge in [0, 0.05) is 5.92 Å². The number of ether oxygens (including phenoxy) is 1. The molecule has 0 aromatic heterocycles. The molecule has 1 aliphatic carbocycles. The van der Waals surface area contributed by atoms with Crippen molar-refractivity contribution in [2.75, 3.05) is 6.61 Å². The van der Waals surface area contributed by atoms with E-state index in [1.165, 1.54) is 6.42 Å². The molecule has 0 aliphatic heterocycles. The van der Waals surface area contributed by atoms with Crippen LogP contribution in [-0.2, 0) is 4.74 Å². The van der Waals surface area contributed by atoms with Crippen molar-refractivity contribution in [1.82, 2.24) is 0 Å². The standard InChI is InChI=1S/C14H18O/c1-5-11-15-14(6-2)10-8-7-9-13(14)12(3)4/h1-2,13H,3,7-11H2,4H3/t13-,14-/m1/s1. The summed E-state index contributed by atoms with van der Waals surface area (Å²) in [6.07, 6.45) is 15.1. The second kappa shape index (κ2) is 5.06. The molecule has 15 heavy (non-hydrogen) atoms. The van der Waals surface area contributed by atoms with Crippen molar-refractivity contribution in [2.45, 2.75) is 38.2 Å². The van der Waals surface area contributed by atoms with E-state index in [4.69, 9.17) is 17.6 Å². The normalized spacial score (nSPS) is 30.2. The average Bonchev–Trinajstić information content (AvgIpc) is 2.26. The molecule has 80 valence electrons. The number of rotatable bonds is 3. The third-order valence-corrected chi connectivity index (χ3v) is 3.11. The predicted octanol–water partition coefficient (Wildman–Crippen LogP) is 2.77. The van der Waals surface area contributed by atoms with Crippen LogP contribution < -0.4 is 0 Å². The highest BCUT2D eigenvalue weighted by molar-refractivity contribution is 5.21. The van der Waals surface area contributed by atoms with Crippen LogP contribution in [-0.4, -0.2) is 12.2 Å². The van der Waals surface area contributed by atoms with E-state index in [1.807, 2.05) is 6.92 Å². The van der Waals surface area contributed by atoms with Crippen LogP contribution >= 0.6 is 0 Å². The van der Waals surface area contributed by atoms with Gasteiger partial charge in [0.1, 0.15) is 12.2 Å². The van der Waals surface area contributed by atoms with E-state index < -0.39 is 5.60 Å². The molecule has 0 bridgehead atoms. The zero-order valence-corrected chi connectivity index (χ0v) is 9.38. The monoisotopic (exact) mass is 202 g/mol. The molecule has 0 aromatic rings. The van der Waals surface area contributed by atoms with Gasteiger partial charge in [0.15, 0.2) is 0 Å². The minimum Gasteiger partial charge on any atom is -0.349 e. The summed E-state index contributed by atoms with van der Waals surface area (Å²) < 4.78 is 5.71. The van der Waals surface area contributed by atoms with E-state index in [-0.39, 0.29) is 12.5 Å². The van der Waals surface area contributed by atoms with Crippen LogP contribution in [0.4, 0.5) is 0 Å². The molecule has 0 spiro atoms. The molecule has 0 N–H and O–H groups in total. The zero-order chi connectivity index (χ0) is 11.3. The zero-order valence-electron chi connectivity index (χ0n) is 9.38. The highest BCUT2D eigenvalue weighted by Crippen LogP contribution is 2.39. The lowest BCUT2D eigenvalue weighted by Gasteiger charge is -2.40. The van der Waals surface area contributed by atoms with E-state index in [2.05, 4.69) is 18.4 Å². The van der Waals surface area contributed by atoms with Crippen molar-refractivity contribution in [2.24, 2.45) is 5.92 Å². The molecule has 0 saturated heterocycles. The molecule has 0 aromatic carbocycles. The van der Waals surface area contributed by atoms with Gasteiger partial charge in [-0.2, -0.15) is 0 Å². The van der Waals surface area contributed by atoms with Crippen molar-refractivity contribution in [3.05, 3.63) is 12.2 Å². The molecule has 1 rings (SSSR count). The average molecular weight is 202 g/mol. The molecule has 0 radical (unpaired) electrons. The second-order valence-corrected chi connectivity index (χ2v) is 4.17. The Morgan fingerprint density at radius 2 is 2.27 bits per heavy atom. The summed E-state index contributed by atoms with van der Waals surface area (Å²) in [4.78, 5) is 0. The molecule has 1 aliphatic rings. The largest absolute Gasteiger partial charge is 0.349 e. The maximum absolute atomic E-state index is 5.71. The van der Waals surface area contributed by atoms with Crippen LogP contribution in [0.25, 0.3) is 0 Å². The summed E-state index contributed by atoms with van der Waals surface area (Å²) in [5, 5.41) is 0. The van der Waals surface area contributed by atoms with Crippen LogP contribution in [0.2, 0.25) is 0 Å². The van der Waals surface area contributed by atoms with Gasteiger partial charge in [-0.3, -0.25) is 0 Å². The molecular formula is C14H18O. The smallest absolute Gasteiger partial charge is 0.136 e. The Bertz CT molecular complexity index is 315. The van der Waals surface area contributed by atoms with Gasteiger partial charge >= 0.3 is 0 Å². The fourth-order valence-electron chi connectivity index (χ4n) is 2.35. The Labute approximate surface area is 92.9 Å². The fraction of sp³-hybridized carbons (Fsp3) is 0.571. The van der Waals surface area contributed by atoms with Crippen molar-refractivity contribution < 1.29 is 4.74 Å². The molecule has 0 unspecified atom stereocenters. The van der Waals surface area contributed by atoms with Gasteiger partial charge in [0.25, 0.3) is 0 Å². The maximum Gasteiger partial charge on any atom is 0.136 e. The van der Waals surface area contributed by atoms with Gasteiger partial charge in [-0.05, 0) is 26.2 Å². The van der Waals surface area contributed by atoms with Gasteiger partial charge in [-0.1, -0.05) is 30.4 Å². The number of terminal acetylenes is 2. The lowest BCUT2D eigenvalue weighted by Crippen LogP contribution is -2.42. The lowest BCUT2D eigenvalue weighted by molar-refractivity contribution is -0.0388. The van der Waals surface area contributed by atoms with Gasteiger partial charge in [0.2, 0.25) is 0 Å². The molecule has 1 nitrogen and oxygen atoms in total. The Kier molecular flexibility index (Phi) is 4.01. The fourth-order valence-corrected chi connectivity index (χ4v) is 2.35. The number of hydrogen-bond acceptors (Lipinski definition) is 1. The van der Waals surface area contributed by atoms with Crippen molar-refractivity contribution in [3.63, 3.8) is 0 Å². The molecule has 0 amide bonds. The van der Waals surface area contributed by atoms with Crippen molar-refractivity contribution in [3.8, 4) is 24.7 Å². The molecular weight excluding hydrogens is 184 g/mol. The van der Waals surface area contributed by atoms with Crippen LogP contribution in [0, 0.1) is 30.6 Å². The van der Waals surface area contributed by atoms with E-state index in [0.29, 0.717) is 0 Å². The Balaban J connectivity index is 2.87. The first-order valence-corrected chi connectivity index (χ1v) is 5.37. The van der Waals surface area contributed by atoms with E-state index in [1.54, 1.807) is 0 Å². The summed E-state index contributed by atoms with van der Waals surface area (Å²) in [5.41, 5.74) is 0.598. The third kappa shape index (κ3) is 2.44. The van der Waals surface area contributed by atoms with Crippen LogP contribution in [0.1, 0.15) is 32.6 Å². The summed E-state index contributed by atoms with van der Waals surface area (Å²) in [5.74, 6) is 5.55. The van der Waals surface area contributed by atoms with E-state index in [0.717, 1.165) is 24.8 Å². The number of hydrogen-bond donors (Lipinski definition) is 0. The van der Waals surface area contributed by atoms with Gasteiger partial charge < -0.3 is 4.74 Å². The van der Waals surface area contributed by atoms with Crippen molar-refractivity contribution in [1.29, 1.82) is 0 Å². The van der Waals surface area contributed by atoms with E-state index in [9.17, 15) is 0 Å². The van der Waals surface area contributed by atoms with Crippen LogP contribution in [0.3, 0.4) is 0 Å². The molecule has 2 atom stereocenters. The summed E-state index contributed by atoms with van der Waals surface area (Å²) in [6, 6.07) is 0. The highest BCUT2D eigenvalue weighted by Gasteiger charge is 2.40. The Morgan fingerprint density at radius 1 is 1.53 bits per heavy atom. The first-order chi connectivity index (χ1) is 7.16. The first-order valence-electron chi connectivity index (χ1n) is 5.37. The van der Waals surface area contributed by atoms with Crippen LogP contribution in [0.15, 0.2) is 12.2 Å². The Hall–Kier alpha value is -1.18. The highest BCUT2D eigenvalue weighted by atomic mass is 16.5. The summed E-state index contributed by atoms with van der Waals surface area (Å²) in [6.45, 7) is 6.30. The van der Waals surface area contributed by atoms with Gasteiger partial charge in [-0.15, -0.1) is 12.8 Å². The van der Waals surface area contributed by atoms with Crippen molar-refractivity contribution >= 4 is 0 Å². The molecule has 0 heterocycles. The minimum atomic E-state index is -0.504. The topological polar surface area (TPSA) is 9.23 Å². The molecule has 1 fully saturated rings.